The maximum absolute atomic E-state index is 9.18. The lowest BCUT2D eigenvalue weighted by Gasteiger charge is -1.87. The third-order valence-corrected chi connectivity index (χ3v) is 2.57. The van der Waals surface area contributed by atoms with Gasteiger partial charge in [0.05, 0.1) is 11.1 Å². The molecule has 1 aromatic carbocycles. The second-order valence-corrected chi connectivity index (χ2v) is 3.96. The minimum absolute atomic E-state index is 0.431. The largest absolute Gasteiger partial charge is 0.468 e. The molecule has 0 saturated heterocycles. The van der Waals surface area contributed by atoms with Crippen LogP contribution in [0.1, 0.15) is 19.7 Å². The van der Waals surface area contributed by atoms with Gasteiger partial charge in [0, 0.05) is 6.42 Å². The molecule has 0 saturated carbocycles. The Bertz CT molecular complexity index is 482. The number of halogens is 1. The highest BCUT2D eigenvalue weighted by Crippen LogP contribution is 2.24. The number of benzene rings is 1. The summed E-state index contributed by atoms with van der Waals surface area (Å²) in [7, 11) is 0. The van der Waals surface area contributed by atoms with Gasteiger partial charge in [0.2, 0.25) is 0 Å². The standard InChI is InChI=1S/C9H8BrNO.C3H6O2/c1-2-8-11-7-5-3-4-6(10)9(7)12-8;1-2-5-3-4/h3-5H,2H2,1H3;3H,2H2,1H3. The number of fused-ring (bicyclic) bond motifs is 1. The van der Waals surface area contributed by atoms with Gasteiger partial charge in [-0.2, -0.15) is 0 Å². The van der Waals surface area contributed by atoms with Crippen molar-refractivity contribution in [3.63, 3.8) is 0 Å². The van der Waals surface area contributed by atoms with Gasteiger partial charge in [-0.05, 0) is 35.0 Å². The van der Waals surface area contributed by atoms with Gasteiger partial charge in [0.15, 0.2) is 11.5 Å². The topological polar surface area (TPSA) is 52.3 Å². The Balaban J connectivity index is 0.000000249. The maximum atomic E-state index is 9.18. The number of rotatable bonds is 3. The Kier molecular flexibility index (Phi) is 5.69. The fourth-order valence-electron chi connectivity index (χ4n) is 1.18. The first-order valence-electron chi connectivity index (χ1n) is 5.32. The Morgan fingerprint density at radius 3 is 2.71 bits per heavy atom. The Labute approximate surface area is 108 Å². The van der Waals surface area contributed by atoms with Gasteiger partial charge in [-0.15, -0.1) is 0 Å². The molecule has 0 N–H and O–H groups in total. The summed E-state index contributed by atoms with van der Waals surface area (Å²) in [5.41, 5.74) is 1.76. The predicted molar refractivity (Wildman–Crippen MR) is 68.8 cm³/mol. The zero-order chi connectivity index (χ0) is 12.7. The summed E-state index contributed by atoms with van der Waals surface area (Å²) < 4.78 is 10.6. The summed E-state index contributed by atoms with van der Waals surface area (Å²) >= 11 is 3.41. The van der Waals surface area contributed by atoms with Crippen LogP contribution in [-0.4, -0.2) is 18.1 Å². The molecule has 0 bridgehead atoms. The molecule has 4 nitrogen and oxygen atoms in total. The molecule has 1 aromatic heterocycles. The number of nitrogens with zero attached hydrogens (tertiary/aromatic N) is 1. The van der Waals surface area contributed by atoms with E-state index < -0.39 is 0 Å². The average molecular weight is 300 g/mol. The number of oxazole rings is 1. The van der Waals surface area contributed by atoms with Crippen molar-refractivity contribution in [3.8, 4) is 0 Å². The van der Waals surface area contributed by atoms with E-state index in [4.69, 9.17) is 4.42 Å². The molecule has 0 aliphatic carbocycles. The molecule has 0 unspecified atom stereocenters. The smallest absolute Gasteiger partial charge is 0.293 e. The summed E-state index contributed by atoms with van der Waals surface area (Å²) in [6.07, 6.45) is 0.834. The first-order valence-corrected chi connectivity index (χ1v) is 6.11. The van der Waals surface area contributed by atoms with E-state index >= 15 is 0 Å². The third kappa shape index (κ3) is 3.85. The van der Waals surface area contributed by atoms with Crippen LogP contribution in [0.25, 0.3) is 11.1 Å². The summed E-state index contributed by atoms with van der Waals surface area (Å²) in [5.74, 6) is 0.789. The number of aryl methyl sites for hydroxylation is 1. The number of hydrogen-bond donors (Lipinski definition) is 0. The zero-order valence-corrected chi connectivity index (χ0v) is 11.4. The first-order chi connectivity index (χ1) is 8.22. The maximum Gasteiger partial charge on any atom is 0.293 e. The van der Waals surface area contributed by atoms with Crippen LogP contribution in [0, 0.1) is 0 Å². The molecule has 0 aliphatic heterocycles. The van der Waals surface area contributed by atoms with Crippen LogP contribution in [0.5, 0.6) is 0 Å². The van der Waals surface area contributed by atoms with Gasteiger partial charge >= 0.3 is 0 Å². The first kappa shape index (κ1) is 13.7. The minimum atomic E-state index is 0.431. The molecule has 0 fully saturated rings. The molecule has 0 spiro atoms. The van der Waals surface area contributed by atoms with Gasteiger partial charge < -0.3 is 9.15 Å². The van der Waals surface area contributed by atoms with Crippen LogP contribution in [0.15, 0.2) is 27.1 Å². The van der Waals surface area contributed by atoms with Crippen molar-refractivity contribution in [2.45, 2.75) is 20.3 Å². The molecule has 5 heteroatoms. The Morgan fingerprint density at radius 2 is 2.24 bits per heavy atom. The molecule has 0 aliphatic rings. The summed E-state index contributed by atoms with van der Waals surface area (Å²) in [4.78, 5) is 13.5. The number of carbonyl (C=O) groups excluding carboxylic acids is 1. The molecule has 92 valence electrons. The van der Waals surface area contributed by atoms with E-state index in [1.54, 1.807) is 6.92 Å². The van der Waals surface area contributed by atoms with E-state index in [2.05, 4.69) is 25.7 Å². The molecule has 0 atom stereocenters. The molecule has 2 aromatic rings. The number of hydrogen-bond acceptors (Lipinski definition) is 4. The van der Waals surface area contributed by atoms with Crippen molar-refractivity contribution in [3.05, 3.63) is 28.6 Å². The van der Waals surface area contributed by atoms with Crippen LogP contribution in [0.2, 0.25) is 0 Å². The van der Waals surface area contributed by atoms with Crippen molar-refractivity contribution in [1.29, 1.82) is 0 Å². The monoisotopic (exact) mass is 299 g/mol. The van der Waals surface area contributed by atoms with E-state index in [9.17, 15) is 4.79 Å². The fourth-order valence-corrected chi connectivity index (χ4v) is 1.62. The molecule has 0 radical (unpaired) electrons. The highest BCUT2D eigenvalue weighted by atomic mass is 79.9. The number of para-hydroxylation sites is 1. The quantitative estimate of drug-likeness (QED) is 0.816. The summed E-state index contributed by atoms with van der Waals surface area (Å²) in [6, 6.07) is 5.85. The zero-order valence-electron chi connectivity index (χ0n) is 9.77. The number of aromatic nitrogens is 1. The van der Waals surface area contributed by atoms with Gasteiger partial charge in [-0.1, -0.05) is 13.0 Å². The van der Waals surface area contributed by atoms with E-state index in [0.717, 1.165) is 27.9 Å². The molecular formula is C12H14BrNO3. The van der Waals surface area contributed by atoms with Crippen molar-refractivity contribution in [2.24, 2.45) is 0 Å². The van der Waals surface area contributed by atoms with E-state index in [-0.39, 0.29) is 0 Å². The predicted octanol–water partition coefficient (Wildman–Crippen LogP) is 3.33. The molecule has 2 rings (SSSR count). The summed E-state index contributed by atoms with van der Waals surface area (Å²) in [5, 5.41) is 0. The van der Waals surface area contributed by atoms with Gasteiger partial charge in [0.1, 0.15) is 5.52 Å². The highest BCUT2D eigenvalue weighted by molar-refractivity contribution is 9.10. The minimum Gasteiger partial charge on any atom is -0.468 e. The van der Waals surface area contributed by atoms with Crippen LogP contribution < -0.4 is 0 Å². The molecule has 17 heavy (non-hydrogen) atoms. The third-order valence-electron chi connectivity index (χ3n) is 1.95. The van der Waals surface area contributed by atoms with Crippen molar-refractivity contribution < 1.29 is 13.9 Å². The van der Waals surface area contributed by atoms with E-state index in [1.807, 2.05) is 25.1 Å². The van der Waals surface area contributed by atoms with Crippen LogP contribution in [-0.2, 0) is 16.0 Å². The van der Waals surface area contributed by atoms with Gasteiger partial charge in [0.25, 0.3) is 6.47 Å². The Morgan fingerprint density at radius 1 is 1.47 bits per heavy atom. The average Bonchev–Trinajstić information content (AvgIpc) is 2.75. The van der Waals surface area contributed by atoms with Crippen LogP contribution in [0.3, 0.4) is 0 Å². The lowest BCUT2D eigenvalue weighted by atomic mass is 10.3. The number of carbonyl (C=O) groups is 1. The van der Waals surface area contributed by atoms with Crippen molar-refractivity contribution in [1.82, 2.24) is 4.98 Å². The van der Waals surface area contributed by atoms with E-state index in [0.29, 0.717) is 13.1 Å². The van der Waals surface area contributed by atoms with Crippen molar-refractivity contribution >= 4 is 33.5 Å². The fraction of sp³-hybridized carbons (Fsp3) is 0.333. The number of ether oxygens (including phenoxy) is 1. The van der Waals surface area contributed by atoms with Crippen molar-refractivity contribution in [2.75, 3.05) is 6.61 Å². The Hall–Kier alpha value is -1.36. The molecular weight excluding hydrogens is 286 g/mol. The van der Waals surface area contributed by atoms with E-state index in [1.165, 1.54) is 0 Å². The second-order valence-electron chi connectivity index (χ2n) is 3.10. The highest BCUT2D eigenvalue weighted by Gasteiger charge is 2.05. The van der Waals surface area contributed by atoms with Crippen LogP contribution >= 0.6 is 15.9 Å². The van der Waals surface area contributed by atoms with Crippen LogP contribution in [0.4, 0.5) is 0 Å². The lowest BCUT2D eigenvalue weighted by Crippen LogP contribution is -1.80. The van der Waals surface area contributed by atoms with Gasteiger partial charge in [-0.25, -0.2) is 4.98 Å². The SMILES string of the molecule is CCOC=O.CCc1nc2cccc(Br)c2o1. The van der Waals surface area contributed by atoms with Gasteiger partial charge in [-0.3, -0.25) is 4.79 Å². The summed E-state index contributed by atoms with van der Waals surface area (Å²) in [6.45, 7) is 4.69. The second kappa shape index (κ2) is 7.06. The molecule has 1 heterocycles. The normalized spacial score (nSPS) is 9.59. The molecule has 0 amide bonds. The lowest BCUT2D eigenvalue weighted by molar-refractivity contribution is -0.128.